The molecule has 4 heteroatoms. The van der Waals surface area contributed by atoms with Crippen molar-refractivity contribution in [2.45, 2.75) is 18.3 Å². The molecule has 0 aliphatic heterocycles. The van der Waals surface area contributed by atoms with Gasteiger partial charge in [-0.15, -0.1) is 0 Å². The fourth-order valence-electron chi connectivity index (χ4n) is 1.70. The lowest BCUT2D eigenvalue weighted by molar-refractivity contribution is -0.110. The standard InChI is InChI=1S/C11H10F2O2/c1-15-7-4-8(12)10(9(13)5-7)11(6-14)2-3-11/h4-6H,2-3H2,1H3. The highest BCUT2D eigenvalue weighted by molar-refractivity contribution is 5.73. The third kappa shape index (κ3) is 1.50. The molecule has 0 aromatic heterocycles. The van der Waals surface area contributed by atoms with Crippen LogP contribution in [0.2, 0.25) is 0 Å². The summed E-state index contributed by atoms with van der Waals surface area (Å²) in [7, 11) is 1.33. The van der Waals surface area contributed by atoms with E-state index < -0.39 is 17.0 Å². The van der Waals surface area contributed by atoms with Crippen LogP contribution >= 0.6 is 0 Å². The molecule has 80 valence electrons. The maximum absolute atomic E-state index is 13.5. The van der Waals surface area contributed by atoms with Gasteiger partial charge in [0.25, 0.3) is 0 Å². The van der Waals surface area contributed by atoms with E-state index in [1.165, 1.54) is 7.11 Å². The van der Waals surface area contributed by atoms with Crippen molar-refractivity contribution in [3.8, 4) is 5.75 Å². The molecule has 0 heterocycles. The molecule has 15 heavy (non-hydrogen) atoms. The van der Waals surface area contributed by atoms with Crippen LogP contribution in [-0.4, -0.2) is 13.4 Å². The Morgan fingerprint density at radius 3 is 2.20 bits per heavy atom. The van der Waals surface area contributed by atoms with Crippen molar-refractivity contribution in [1.82, 2.24) is 0 Å². The second kappa shape index (κ2) is 3.29. The van der Waals surface area contributed by atoms with Gasteiger partial charge in [-0.3, -0.25) is 0 Å². The minimum absolute atomic E-state index is 0.121. The van der Waals surface area contributed by atoms with Crippen molar-refractivity contribution in [1.29, 1.82) is 0 Å². The van der Waals surface area contributed by atoms with Crippen molar-refractivity contribution in [3.63, 3.8) is 0 Å². The van der Waals surface area contributed by atoms with E-state index in [4.69, 9.17) is 4.74 Å². The molecule has 2 rings (SSSR count). The number of ether oxygens (including phenoxy) is 1. The van der Waals surface area contributed by atoms with Gasteiger partial charge in [-0.1, -0.05) is 0 Å². The van der Waals surface area contributed by atoms with Crippen LogP contribution in [0.1, 0.15) is 18.4 Å². The summed E-state index contributed by atoms with van der Waals surface area (Å²) < 4.78 is 31.8. The zero-order valence-corrected chi connectivity index (χ0v) is 8.22. The Bertz CT molecular complexity index is 388. The van der Waals surface area contributed by atoms with Gasteiger partial charge in [0.1, 0.15) is 23.7 Å². The number of halogens is 2. The number of benzene rings is 1. The van der Waals surface area contributed by atoms with Crippen LogP contribution in [0.5, 0.6) is 5.75 Å². The summed E-state index contributed by atoms with van der Waals surface area (Å²) in [4.78, 5) is 10.8. The van der Waals surface area contributed by atoms with E-state index in [1.54, 1.807) is 0 Å². The lowest BCUT2D eigenvalue weighted by atomic mass is 9.96. The molecule has 0 bridgehead atoms. The summed E-state index contributed by atoms with van der Waals surface area (Å²) in [5.41, 5.74) is -1.06. The van der Waals surface area contributed by atoms with E-state index in [1.807, 2.05) is 0 Å². The summed E-state index contributed by atoms with van der Waals surface area (Å²) in [6, 6.07) is 2.20. The van der Waals surface area contributed by atoms with Gasteiger partial charge in [-0.25, -0.2) is 8.78 Å². The molecule has 0 N–H and O–H groups in total. The van der Waals surface area contributed by atoms with Crippen LogP contribution in [0.25, 0.3) is 0 Å². The fourth-order valence-corrected chi connectivity index (χ4v) is 1.70. The second-order valence-corrected chi connectivity index (χ2v) is 3.74. The summed E-state index contributed by atoms with van der Waals surface area (Å²) in [5, 5.41) is 0. The van der Waals surface area contributed by atoms with Crippen LogP contribution in [0, 0.1) is 11.6 Å². The molecule has 1 aliphatic rings. The van der Waals surface area contributed by atoms with Crippen LogP contribution in [-0.2, 0) is 10.2 Å². The lowest BCUT2D eigenvalue weighted by Crippen LogP contribution is -2.13. The van der Waals surface area contributed by atoms with Crippen molar-refractivity contribution >= 4 is 6.29 Å². The zero-order valence-electron chi connectivity index (χ0n) is 8.22. The van der Waals surface area contributed by atoms with E-state index in [9.17, 15) is 13.6 Å². The smallest absolute Gasteiger partial charge is 0.134 e. The zero-order chi connectivity index (χ0) is 11.1. The largest absolute Gasteiger partial charge is 0.497 e. The van der Waals surface area contributed by atoms with E-state index >= 15 is 0 Å². The SMILES string of the molecule is COc1cc(F)c(C2(C=O)CC2)c(F)c1. The Morgan fingerprint density at radius 1 is 1.33 bits per heavy atom. The van der Waals surface area contributed by atoms with Crippen molar-refractivity contribution in [3.05, 3.63) is 29.3 Å². The molecule has 0 spiro atoms. The van der Waals surface area contributed by atoms with Gasteiger partial charge in [-0.2, -0.15) is 0 Å². The van der Waals surface area contributed by atoms with Crippen molar-refractivity contribution in [2.75, 3.05) is 7.11 Å². The molecule has 0 saturated heterocycles. The van der Waals surface area contributed by atoms with Crippen LogP contribution in [0.15, 0.2) is 12.1 Å². The normalized spacial score (nSPS) is 17.3. The molecule has 1 aromatic rings. The van der Waals surface area contributed by atoms with Gasteiger partial charge in [0.15, 0.2) is 0 Å². The highest BCUT2D eigenvalue weighted by Gasteiger charge is 2.48. The average Bonchev–Trinajstić information content (AvgIpc) is 2.97. The molecule has 1 aromatic carbocycles. The molecule has 0 radical (unpaired) electrons. The Balaban J connectivity index is 2.53. The first-order chi connectivity index (χ1) is 7.13. The maximum Gasteiger partial charge on any atom is 0.134 e. The van der Waals surface area contributed by atoms with Gasteiger partial charge in [-0.05, 0) is 12.8 Å². The van der Waals surface area contributed by atoms with Gasteiger partial charge in [0.05, 0.1) is 12.5 Å². The molecule has 0 unspecified atom stereocenters. The minimum Gasteiger partial charge on any atom is -0.497 e. The summed E-state index contributed by atoms with van der Waals surface area (Å²) in [5.74, 6) is -1.30. The first-order valence-corrected chi connectivity index (χ1v) is 4.63. The van der Waals surface area contributed by atoms with Crippen molar-refractivity contribution in [2.24, 2.45) is 0 Å². The Morgan fingerprint density at radius 2 is 1.87 bits per heavy atom. The Hall–Kier alpha value is -1.45. The number of carbonyl (C=O) groups excluding carboxylic acids is 1. The van der Waals surface area contributed by atoms with E-state index in [2.05, 4.69) is 0 Å². The third-order valence-corrected chi connectivity index (χ3v) is 2.76. The highest BCUT2D eigenvalue weighted by atomic mass is 19.1. The van der Waals surface area contributed by atoms with Crippen LogP contribution in [0.3, 0.4) is 0 Å². The van der Waals surface area contributed by atoms with Gasteiger partial charge >= 0.3 is 0 Å². The predicted octanol–water partition coefficient (Wildman–Crippen LogP) is 2.20. The van der Waals surface area contributed by atoms with E-state index in [0.717, 1.165) is 12.1 Å². The molecular formula is C11H10F2O2. The Labute approximate surface area is 85.9 Å². The van der Waals surface area contributed by atoms with Crippen LogP contribution < -0.4 is 4.74 Å². The number of hydrogen-bond donors (Lipinski definition) is 0. The number of hydrogen-bond acceptors (Lipinski definition) is 2. The van der Waals surface area contributed by atoms with E-state index in [-0.39, 0.29) is 11.3 Å². The molecule has 1 aliphatic carbocycles. The number of methoxy groups -OCH3 is 1. The van der Waals surface area contributed by atoms with Crippen molar-refractivity contribution < 1.29 is 18.3 Å². The topological polar surface area (TPSA) is 26.3 Å². The molecule has 1 saturated carbocycles. The minimum atomic E-state index is -0.930. The molecule has 0 amide bonds. The Kier molecular flexibility index (Phi) is 2.21. The lowest BCUT2D eigenvalue weighted by Gasteiger charge is -2.11. The maximum atomic E-state index is 13.5. The third-order valence-electron chi connectivity index (χ3n) is 2.76. The number of carbonyl (C=O) groups is 1. The average molecular weight is 212 g/mol. The molecular weight excluding hydrogens is 202 g/mol. The first kappa shape index (κ1) is 10.1. The number of aldehydes is 1. The van der Waals surface area contributed by atoms with Gasteiger partial charge < -0.3 is 9.53 Å². The highest BCUT2D eigenvalue weighted by Crippen LogP contribution is 2.48. The number of rotatable bonds is 3. The molecule has 1 fully saturated rings. The quantitative estimate of drug-likeness (QED) is 0.718. The predicted molar refractivity (Wildman–Crippen MR) is 49.9 cm³/mol. The summed E-state index contributed by atoms with van der Waals surface area (Å²) in [6.45, 7) is 0. The first-order valence-electron chi connectivity index (χ1n) is 4.63. The monoisotopic (exact) mass is 212 g/mol. The fraction of sp³-hybridized carbons (Fsp3) is 0.364. The summed E-state index contributed by atoms with van der Waals surface area (Å²) in [6.07, 6.45) is 1.65. The molecule has 2 nitrogen and oxygen atoms in total. The van der Waals surface area contributed by atoms with Gasteiger partial charge in [0.2, 0.25) is 0 Å². The van der Waals surface area contributed by atoms with Crippen LogP contribution in [0.4, 0.5) is 8.78 Å². The summed E-state index contributed by atoms with van der Waals surface area (Å²) >= 11 is 0. The van der Waals surface area contributed by atoms with E-state index in [0.29, 0.717) is 19.1 Å². The van der Waals surface area contributed by atoms with Gasteiger partial charge in [0, 0.05) is 17.7 Å². The second-order valence-electron chi connectivity index (χ2n) is 3.74. The molecule has 0 atom stereocenters.